The normalized spacial score (nSPS) is 10.8. The minimum Gasteiger partial charge on any atom is -0.383 e. The van der Waals surface area contributed by atoms with Crippen LogP contribution in [-0.2, 0) is 5.75 Å². The smallest absolute Gasteiger partial charge is 0.191 e. The Morgan fingerprint density at radius 3 is 2.70 bits per heavy atom. The van der Waals surface area contributed by atoms with Crippen LogP contribution < -0.4 is 11.5 Å². The lowest BCUT2D eigenvalue weighted by Crippen LogP contribution is -1.99. The van der Waals surface area contributed by atoms with Crippen LogP contribution in [0.2, 0.25) is 0 Å². The lowest BCUT2D eigenvalue weighted by atomic mass is 10.3. The Hall–Kier alpha value is -2.06. The van der Waals surface area contributed by atoms with Crippen LogP contribution in [0.1, 0.15) is 5.69 Å². The van der Waals surface area contributed by atoms with Crippen molar-refractivity contribution in [1.29, 1.82) is 0 Å². The van der Waals surface area contributed by atoms with Crippen molar-refractivity contribution in [2.75, 3.05) is 11.5 Å². The molecule has 0 spiro atoms. The second kappa shape index (κ2) is 5.51. The van der Waals surface area contributed by atoms with E-state index in [0.717, 1.165) is 16.3 Å². The van der Waals surface area contributed by atoms with Gasteiger partial charge >= 0.3 is 0 Å². The van der Waals surface area contributed by atoms with E-state index in [0.29, 0.717) is 22.5 Å². The number of rotatable bonds is 4. The van der Waals surface area contributed by atoms with E-state index in [2.05, 4.69) is 15.1 Å². The van der Waals surface area contributed by atoms with Crippen molar-refractivity contribution >= 4 is 34.7 Å². The Bertz CT molecular complexity index is 690. The molecule has 0 bridgehead atoms. The zero-order valence-corrected chi connectivity index (χ0v) is 11.9. The number of anilines is 2. The van der Waals surface area contributed by atoms with Gasteiger partial charge in [-0.1, -0.05) is 23.0 Å². The van der Waals surface area contributed by atoms with Crippen molar-refractivity contribution < 1.29 is 4.52 Å². The molecule has 0 aliphatic carbocycles. The number of thiophene rings is 1. The molecule has 3 heterocycles. The average Bonchev–Trinajstić information content (AvgIpc) is 3.06. The summed E-state index contributed by atoms with van der Waals surface area (Å²) in [6, 6.07) is 7.40. The molecule has 0 saturated heterocycles. The van der Waals surface area contributed by atoms with E-state index in [1.54, 1.807) is 11.3 Å². The topological polar surface area (TPSA) is 104 Å². The maximum absolute atomic E-state index is 5.62. The SMILES string of the molecule is Nc1cc(N)nc(SCc2cc(-c3cccs3)on2)n1. The number of thioether (sulfide) groups is 1. The van der Waals surface area contributed by atoms with Crippen LogP contribution in [0.25, 0.3) is 10.6 Å². The second-order valence-corrected chi connectivity index (χ2v) is 5.84. The second-order valence-electron chi connectivity index (χ2n) is 3.95. The van der Waals surface area contributed by atoms with Crippen molar-refractivity contribution in [3.8, 4) is 10.6 Å². The molecule has 0 saturated carbocycles. The molecular weight excluding hydrogens is 294 g/mol. The third-order valence-corrected chi connectivity index (χ3v) is 4.18. The summed E-state index contributed by atoms with van der Waals surface area (Å²) in [5.41, 5.74) is 12.1. The van der Waals surface area contributed by atoms with E-state index in [1.165, 1.54) is 17.8 Å². The van der Waals surface area contributed by atoms with E-state index < -0.39 is 0 Å². The quantitative estimate of drug-likeness (QED) is 0.564. The first-order valence-electron chi connectivity index (χ1n) is 5.73. The van der Waals surface area contributed by atoms with E-state index >= 15 is 0 Å². The van der Waals surface area contributed by atoms with Crippen LogP contribution in [0.3, 0.4) is 0 Å². The van der Waals surface area contributed by atoms with Gasteiger partial charge in [0.15, 0.2) is 10.9 Å². The number of aromatic nitrogens is 3. The molecule has 6 nitrogen and oxygen atoms in total. The number of hydrogen-bond donors (Lipinski definition) is 2. The number of nitrogens with two attached hydrogens (primary N) is 2. The van der Waals surface area contributed by atoms with Gasteiger partial charge in [-0.15, -0.1) is 11.3 Å². The molecule has 102 valence electrons. The summed E-state index contributed by atoms with van der Waals surface area (Å²) in [7, 11) is 0. The van der Waals surface area contributed by atoms with Crippen LogP contribution in [0.15, 0.2) is 39.3 Å². The molecule has 3 aromatic rings. The Kier molecular flexibility index (Phi) is 3.57. The first-order valence-corrected chi connectivity index (χ1v) is 7.59. The van der Waals surface area contributed by atoms with Gasteiger partial charge in [0.1, 0.15) is 11.6 Å². The maximum Gasteiger partial charge on any atom is 0.191 e. The van der Waals surface area contributed by atoms with E-state index in [4.69, 9.17) is 16.0 Å². The summed E-state index contributed by atoms with van der Waals surface area (Å²) in [4.78, 5) is 9.25. The van der Waals surface area contributed by atoms with Gasteiger partial charge in [-0.3, -0.25) is 0 Å². The minimum atomic E-state index is 0.361. The number of nitrogen functional groups attached to an aromatic ring is 2. The molecular formula is C12H11N5OS2. The molecule has 0 radical (unpaired) electrons. The van der Waals surface area contributed by atoms with Crippen molar-refractivity contribution in [1.82, 2.24) is 15.1 Å². The third-order valence-electron chi connectivity index (χ3n) is 2.42. The van der Waals surface area contributed by atoms with Crippen LogP contribution in [0, 0.1) is 0 Å². The summed E-state index contributed by atoms with van der Waals surface area (Å²) in [5.74, 6) is 2.08. The van der Waals surface area contributed by atoms with Crippen molar-refractivity contribution in [3.63, 3.8) is 0 Å². The molecule has 8 heteroatoms. The van der Waals surface area contributed by atoms with E-state index in [1.807, 2.05) is 23.6 Å². The Labute approximate surface area is 123 Å². The molecule has 0 atom stereocenters. The molecule has 3 aromatic heterocycles. The molecule has 0 aliphatic heterocycles. The number of hydrogen-bond acceptors (Lipinski definition) is 8. The maximum atomic E-state index is 5.62. The van der Waals surface area contributed by atoms with E-state index in [-0.39, 0.29) is 0 Å². The van der Waals surface area contributed by atoms with Gasteiger partial charge in [0.2, 0.25) is 0 Å². The average molecular weight is 305 g/mol. The molecule has 4 N–H and O–H groups in total. The highest BCUT2D eigenvalue weighted by Gasteiger charge is 2.09. The zero-order valence-electron chi connectivity index (χ0n) is 10.3. The molecule has 20 heavy (non-hydrogen) atoms. The lowest BCUT2D eigenvalue weighted by Gasteiger charge is -2.00. The number of nitrogens with zero attached hydrogens (tertiary/aromatic N) is 3. The molecule has 3 rings (SSSR count). The Morgan fingerprint density at radius 1 is 1.20 bits per heavy atom. The zero-order chi connectivity index (χ0) is 13.9. The van der Waals surface area contributed by atoms with Crippen molar-refractivity contribution in [3.05, 3.63) is 35.3 Å². The predicted octanol–water partition coefficient (Wildman–Crippen LogP) is 2.65. The van der Waals surface area contributed by atoms with E-state index in [9.17, 15) is 0 Å². The van der Waals surface area contributed by atoms with Crippen molar-refractivity contribution in [2.24, 2.45) is 0 Å². The summed E-state index contributed by atoms with van der Waals surface area (Å²) in [6.07, 6.45) is 0. The Balaban J connectivity index is 1.69. The van der Waals surface area contributed by atoms with Crippen molar-refractivity contribution in [2.45, 2.75) is 10.9 Å². The van der Waals surface area contributed by atoms with Gasteiger partial charge < -0.3 is 16.0 Å². The summed E-state index contributed by atoms with van der Waals surface area (Å²) < 4.78 is 5.30. The van der Waals surface area contributed by atoms with Gasteiger partial charge in [0, 0.05) is 17.9 Å². The fraction of sp³-hybridized carbons (Fsp3) is 0.0833. The fourth-order valence-electron chi connectivity index (χ4n) is 1.58. The van der Waals surface area contributed by atoms with Gasteiger partial charge in [-0.2, -0.15) is 0 Å². The third kappa shape index (κ3) is 2.91. The highest BCUT2D eigenvalue weighted by molar-refractivity contribution is 7.98. The summed E-state index contributed by atoms with van der Waals surface area (Å²) in [6.45, 7) is 0. The molecule has 0 aromatic carbocycles. The first-order chi connectivity index (χ1) is 9.70. The van der Waals surface area contributed by atoms with Crippen LogP contribution in [0.5, 0.6) is 0 Å². The van der Waals surface area contributed by atoms with Crippen LogP contribution in [-0.4, -0.2) is 15.1 Å². The Morgan fingerprint density at radius 2 is 2.00 bits per heavy atom. The van der Waals surface area contributed by atoms with Gasteiger partial charge in [-0.05, 0) is 11.4 Å². The summed E-state index contributed by atoms with van der Waals surface area (Å²) in [5, 5.41) is 6.55. The first kappa shape index (κ1) is 12.9. The lowest BCUT2D eigenvalue weighted by molar-refractivity contribution is 0.427. The fourth-order valence-corrected chi connectivity index (χ4v) is 3.01. The minimum absolute atomic E-state index is 0.361. The molecule has 0 amide bonds. The summed E-state index contributed by atoms with van der Waals surface area (Å²) >= 11 is 3.02. The van der Waals surface area contributed by atoms with Gasteiger partial charge in [0.05, 0.1) is 10.6 Å². The van der Waals surface area contributed by atoms with Crippen LogP contribution >= 0.6 is 23.1 Å². The standard InChI is InChI=1S/C12H11N5OS2/c13-10-5-11(14)16-12(15-10)20-6-7-4-8(18-17-7)9-2-1-3-19-9/h1-5H,6H2,(H4,13,14,15,16). The monoisotopic (exact) mass is 305 g/mol. The molecule has 0 aliphatic rings. The van der Waals surface area contributed by atoms with Gasteiger partial charge in [0.25, 0.3) is 0 Å². The predicted molar refractivity (Wildman–Crippen MR) is 80.2 cm³/mol. The molecule has 0 fully saturated rings. The highest BCUT2D eigenvalue weighted by Crippen LogP contribution is 2.27. The highest BCUT2D eigenvalue weighted by atomic mass is 32.2. The largest absolute Gasteiger partial charge is 0.383 e. The van der Waals surface area contributed by atoms with Crippen LogP contribution in [0.4, 0.5) is 11.6 Å². The molecule has 0 unspecified atom stereocenters. The van der Waals surface area contributed by atoms with Gasteiger partial charge in [-0.25, -0.2) is 9.97 Å².